The van der Waals surface area contributed by atoms with Crippen LogP contribution in [0.1, 0.15) is 18.8 Å². The number of nitrogens with zero attached hydrogens (tertiary/aromatic N) is 1. The van der Waals surface area contributed by atoms with Crippen LogP contribution < -0.4 is 15.8 Å². The molecule has 2 aromatic carbocycles. The molecule has 1 atom stereocenters. The summed E-state index contributed by atoms with van der Waals surface area (Å²) in [7, 11) is -4.31. The van der Waals surface area contributed by atoms with E-state index in [4.69, 9.17) is 0 Å². The van der Waals surface area contributed by atoms with Crippen molar-refractivity contribution in [2.24, 2.45) is 0 Å². The van der Waals surface area contributed by atoms with E-state index in [-0.39, 0.29) is 11.2 Å². The summed E-state index contributed by atoms with van der Waals surface area (Å²) in [4.78, 5) is 24.6. The van der Waals surface area contributed by atoms with Gasteiger partial charge in [-0.2, -0.15) is 0 Å². The van der Waals surface area contributed by atoms with Gasteiger partial charge in [0, 0.05) is 5.39 Å². The summed E-state index contributed by atoms with van der Waals surface area (Å²) in [5.41, 5.74) is 0. The average molecular weight is 380 g/mol. The van der Waals surface area contributed by atoms with E-state index < -0.39 is 38.6 Å². The molecular weight excluding hydrogens is 367 g/mol. The van der Waals surface area contributed by atoms with Crippen molar-refractivity contribution in [3.63, 3.8) is 0 Å². The molecule has 11 heteroatoms. The number of carbonyl (C=O) groups excluding carboxylic acids is 1. The Morgan fingerprint density at radius 3 is 2.73 bits per heavy atom. The largest absolute Gasteiger partial charge is 0.438 e. The molecule has 0 spiro atoms. The fourth-order valence-electron chi connectivity index (χ4n) is 2.30. The summed E-state index contributed by atoms with van der Waals surface area (Å²) in [6.07, 6.45) is 0. The Bertz CT molecular complexity index is 1140. The first-order valence-electron chi connectivity index (χ1n) is 7.34. The minimum absolute atomic E-state index is 0.0132. The first-order chi connectivity index (χ1) is 12.3. The van der Waals surface area contributed by atoms with Gasteiger partial charge in [-0.05, 0) is 24.4 Å². The Morgan fingerprint density at radius 2 is 2.04 bits per heavy atom. The summed E-state index contributed by atoms with van der Waals surface area (Å²) in [5, 5.41) is 6.30. The third-order valence-electron chi connectivity index (χ3n) is 3.54. The lowest BCUT2D eigenvalue weighted by Gasteiger charge is -2.12. The van der Waals surface area contributed by atoms with E-state index in [1.807, 2.05) is 0 Å². The van der Waals surface area contributed by atoms with Crippen molar-refractivity contribution in [2.45, 2.75) is 17.9 Å². The molecule has 1 heterocycles. The molecule has 26 heavy (non-hydrogen) atoms. The number of hydrogen-bond donors (Lipinski definition) is 3. The maximum atomic E-state index is 14.1. The van der Waals surface area contributed by atoms with Crippen molar-refractivity contribution in [1.29, 1.82) is 0 Å². The first-order valence-corrected chi connectivity index (χ1v) is 8.82. The van der Waals surface area contributed by atoms with Crippen LogP contribution in [-0.2, 0) is 10.0 Å². The molecule has 1 aromatic heterocycles. The number of amides is 2. The quantitative estimate of drug-likeness (QED) is 0.626. The van der Waals surface area contributed by atoms with Gasteiger partial charge in [-0.3, -0.25) is 9.51 Å². The first kappa shape index (κ1) is 17.6. The van der Waals surface area contributed by atoms with E-state index in [9.17, 15) is 22.4 Å². The number of fused-ring (bicyclic) bond motifs is 1. The number of carbonyl (C=O) groups is 1. The van der Waals surface area contributed by atoms with E-state index in [2.05, 4.69) is 20.0 Å². The van der Waals surface area contributed by atoms with E-state index >= 15 is 0 Å². The third kappa shape index (κ3) is 3.57. The summed E-state index contributed by atoms with van der Waals surface area (Å²) in [5.74, 6) is -1.52. The van der Waals surface area contributed by atoms with Gasteiger partial charge in [0.1, 0.15) is 5.82 Å². The van der Waals surface area contributed by atoms with Crippen LogP contribution in [0.4, 0.5) is 9.18 Å². The maximum Gasteiger partial charge on any atom is 0.438 e. The highest BCUT2D eigenvalue weighted by molar-refractivity contribution is 7.90. The van der Waals surface area contributed by atoms with Crippen LogP contribution in [0.15, 0.2) is 50.6 Å². The van der Waals surface area contributed by atoms with Gasteiger partial charge in [-0.25, -0.2) is 27.1 Å². The van der Waals surface area contributed by atoms with Crippen molar-refractivity contribution >= 4 is 26.8 Å². The average Bonchev–Trinajstić information content (AvgIpc) is 3.01. The molecule has 0 aliphatic carbocycles. The van der Waals surface area contributed by atoms with Gasteiger partial charge in [0.15, 0.2) is 5.82 Å². The second-order valence-corrected chi connectivity index (χ2v) is 7.09. The summed E-state index contributed by atoms with van der Waals surface area (Å²) >= 11 is 0. The van der Waals surface area contributed by atoms with Gasteiger partial charge in [-0.15, -0.1) is 0 Å². The minimum atomic E-state index is -4.31. The van der Waals surface area contributed by atoms with Gasteiger partial charge in [0.2, 0.25) is 0 Å². The molecule has 0 aliphatic rings. The lowest BCUT2D eigenvalue weighted by atomic mass is 10.1. The molecule has 3 N–H and O–H groups in total. The summed E-state index contributed by atoms with van der Waals surface area (Å²) in [6, 6.07) is 6.52. The number of halogens is 1. The number of urea groups is 1. The predicted molar refractivity (Wildman–Crippen MR) is 88.3 cm³/mol. The maximum absolute atomic E-state index is 14.1. The van der Waals surface area contributed by atoms with Gasteiger partial charge in [0.05, 0.1) is 10.9 Å². The zero-order valence-corrected chi connectivity index (χ0v) is 14.1. The molecule has 3 rings (SSSR count). The molecule has 2 amide bonds. The smallest absolute Gasteiger partial charge is 0.328 e. The molecule has 3 aromatic rings. The number of aromatic nitrogens is 2. The Hall–Kier alpha value is -3.21. The summed E-state index contributed by atoms with van der Waals surface area (Å²) < 4.78 is 44.8. The van der Waals surface area contributed by atoms with Crippen LogP contribution in [-0.4, -0.2) is 24.6 Å². The Labute approximate surface area is 146 Å². The van der Waals surface area contributed by atoms with Crippen LogP contribution in [0.25, 0.3) is 10.8 Å². The molecule has 136 valence electrons. The van der Waals surface area contributed by atoms with Crippen LogP contribution in [0.5, 0.6) is 0 Å². The van der Waals surface area contributed by atoms with Crippen LogP contribution in [0.2, 0.25) is 0 Å². The molecule has 9 nitrogen and oxygen atoms in total. The SMILES string of the molecule is CC(NC(=O)NS(=O)(=O)c1cc(F)c2ccccc2c1)c1noc(=O)[nH]1. The van der Waals surface area contributed by atoms with Crippen molar-refractivity contribution < 1.29 is 22.1 Å². The van der Waals surface area contributed by atoms with E-state index in [0.717, 1.165) is 6.07 Å². The van der Waals surface area contributed by atoms with Gasteiger partial charge < -0.3 is 5.32 Å². The zero-order chi connectivity index (χ0) is 18.9. The standard InChI is InChI=1S/C15H13FN4O5S/c1-8(13-18-15(22)25-19-13)17-14(21)20-26(23,24)10-6-9-4-2-3-5-11(9)12(16)7-10/h2-8H,1H3,(H2,17,20,21)(H,18,19,22). The third-order valence-corrected chi connectivity index (χ3v) is 4.85. The Morgan fingerprint density at radius 1 is 1.31 bits per heavy atom. The van der Waals surface area contributed by atoms with Crippen LogP contribution in [0, 0.1) is 5.82 Å². The zero-order valence-electron chi connectivity index (χ0n) is 13.3. The van der Waals surface area contributed by atoms with Crippen molar-refractivity contribution in [1.82, 2.24) is 20.2 Å². The van der Waals surface area contributed by atoms with Gasteiger partial charge in [-0.1, -0.05) is 29.4 Å². The molecule has 0 saturated heterocycles. The number of sulfonamides is 1. The highest BCUT2D eigenvalue weighted by atomic mass is 32.2. The lowest BCUT2D eigenvalue weighted by Crippen LogP contribution is -2.40. The predicted octanol–water partition coefficient (Wildman–Crippen LogP) is 1.40. The highest BCUT2D eigenvalue weighted by Gasteiger charge is 2.22. The fraction of sp³-hybridized carbons (Fsp3) is 0.133. The molecule has 0 saturated carbocycles. The Balaban J connectivity index is 1.80. The minimum Gasteiger partial charge on any atom is -0.328 e. The van der Waals surface area contributed by atoms with E-state index in [1.165, 1.54) is 19.1 Å². The normalized spacial score (nSPS) is 12.7. The number of nitrogens with one attached hydrogen (secondary N) is 3. The highest BCUT2D eigenvalue weighted by Crippen LogP contribution is 2.22. The second-order valence-electron chi connectivity index (χ2n) is 5.41. The second kappa shape index (κ2) is 6.59. The van der Waals surface area contributed by atoms with Crippen LogP contribution in [0.3, 0.4) is 0 Å². The van der Waals surface area contributed by atoms with Crippen molar-refractivity contribution in [3.8, 4) is 0 Å². The summed E-state index contributed by atoms with van der Waals surface area (Å²) in [6.45, 7) is 1.45. The Kier molecular flexibility index (Phi) is 4.47. The topological polar surface area (TPSA) is 134 Å². The number of H-pyrrole nitrogens is 1. The van der Waals surface area contributed by atoms with Crippen LogP contribution >= 0.6 is 0 Å². The molecule has 0 radical (unpaired) electrons. The van der Waals surface area contributed by atoms with Gasteiger partial charge in [0.25, 0.3) is 10.0 Å². The van der Waals surface area contributed by atoms with Gasteiger partial charge >= 0.3 is 11.8 Å². The lowest BCUT2D eigenvalue weighted by molar-refractivity contribution is 0.242. The molecule has 0 aliphatic heterocycles. The number of rotatable bonds is 4. The van der Waals surface area contributed by atoms with Crippen molar-refractivity contribution in [2.75, 3.05) is 0 Å². The van der Waals surface area contributed by atoms with Crippen molar-refractivity contribution in [3.05, 3.63) is 58.6 Å². The number of hydrogen-bond acceptors (Lipinski definition) is 6. The van der Waals surface area contributed by atoms with E-state index in [1.54, 1.807) is 22.9 Å². The number of benzene rings is 2. The monoisotopic (exact) mass is 380 g/mol. The van der Waals surface area contributed by atoms with E-state index in [0.29, 0.717) is 5.39 Å². The fourth-order valence-corrected chi connectivity index (χ4v) is 3.26. The molecule has 1 unspecified atom stereocenters. The molecular formula is C15H13FN4O5S. The number of aromatic amines is 1. The molecule has 0 bridgehead atoms. The molecule has 0 fully saturated rings.